The van der Waals surface area contributed by atoms with Crippen LogP contribution in [0.25, 0.3) is 0 Å². The van der Waals surface area contributed by atoms with Crippen LogP contribution in [0.4, 0.5) is 39.5 Å². The van der Waals surface area contributed by atoms with Crippen molar-refractivity contribution in [3.8, 4) is 0 Å². The first-order valence-corrected chi connectivity index (χ1v) is 5.22. The van der Waals surface area contributed by atoms with Gasteiger partial charge in [-0.3, -0.25) is 4.79 Å². The molecule has 0 aliphatic carbocycles. The fourth-order valence-corrected chi connectivity index (χ4v) is 1.02. The first-order chi connectivity index (χ1) is 9.09. The van der Waals surface area contributed by atoms with E-state index in [0.29, 0.717) is 0 Å². The average Bonchev–Trinajstić information content (AvgIpc) is 2.26. The minimum Gasteiger partial charge on any atom is -0.349 e. The number of nitrogens with one attached hydrogen (secondary N) is 1. The van der Waals surface area contributed by atoms with E-state index in [9.17, 15) is 44.3 Å². The van der Waals surface area contributed by atoms with Crippen LogP contribution in [0.1, 0.15) is 0 Å². The van der Waals surface area contributed by atoms with Crippen molar-refractivity contribution in [2.75, 3.05) is 27.2 Å². The SMILES string of the molecule is CN(C)CCNC(=O)C(F)(F)C(F)(F)C(F)(F)C(F)(F)F. The van der Waals surface area contributed by atoms with Gasteiger partial charge in [-0.25, -0.2) is 0 Å². The molecule has 3 nitrogen and oxygen atoms in total. The molecule has 126 valence electrons. The summed E-state index contributed by atoms with van der Waals surface area (Å²) in [4.78, 5) is 12.1. The number of carbonyl (C=O) groups is 1. The third kappa shape index (κ3) is 3.71. The summed E-state index contributed by atoms with van der Waals surface area (Å²) >= 11 is 0. The lowest BCUT2D eigenvalue weighted by Crippen LogP contribution is -2.65. The second kappa shape index (κ2) is 5.89. The van der Waals surface area contributed by atoms with Gasteiger partial charge in [0.25, 0.3) is 5.91 Å². The molecule has 0 aromatic carbocycles. The molecule has 0 aliphatic rings. The van der Waals surface area contributed by atoms with Gasteiger partial charge in [-0.2, -0.15) is 39.5 Å². The van der Waals surface area contributed by atoms with Gasteiger partial charge >= 0.3 is 23.9 Å². The molecule has 0 aromatic heterocycles. The summed E-state index contributed by atoms with van der Waals surface area (Å²) in [6.45, 7) is -0.766. The Labute approximate surface area is 113 Å². The van der Waals surface area contributed by atoms with Crippen molar-refractivity contribution in [1.82, 2.24) is 10.2 Å². The lowest BCUT2D eigenvalue weighted by atomic mass is 10.0. The molecule has 1 amide bonds. The largest absolute Gasteiger partial charge is 0.460 e. The third-order valence-electron chi connectivity index (χ3n) is 2.27. The van der Waals surface area contributed by atoms with Crippen LogP contribution in [0.2, 0.25) is 0 Å². The van der Waals surface area contributed by atoms with Crippen molar-refractivity contribution >= 4 is 5.91 Å². The number of nitrogens with zero attached hydrogens (tertiary/aromatic N) is 1. The van der Waals surface area contributed by atoms with Gasteiger partial charge in [0.2, 0.25) is 0 Å². The number of amides is 1. The van der Waals surface area contributed by atoms with Gasteiger partial charge < -0.3 is 10.2 Å². The highest BCUT2D eigenvalue weighted by Crippen LogP contribution is 2.53. The minimum absolute atomic E-state index is 0.122. The zero-order valence-electron chi connectivity index (χ0n) is 10.7. The molecule has 0 fully saturated rings. The normalized spacial score (nSPS) is 14.5. The highest BCUT2D eigenvalue weighted by atomic mass is 19.4. The number of carbonyl (C=O) groups excluding carboxylic acids is 1. The maximum atomic E-state index is 13.0. The topological polar surface area (TPSA) is 32.3 Å². The Bertz CT molecular complexity index is 378. The fraction of sp³-hybridized carbons (Fsp3) is 0.889. The zero-order valence-corrected chi connectivity index (χ0v) is 10.7. The lowest BCUT2D eigenvalue weighted by Gasteiger charge is -2.32. The molecular weight excluding hydrogens is 323 g/mol. The van der Waals surface area contributed by atoms with Crippen molar-refractivity contribution in [3.05, 3.63) is 0 Å². The van der Waals surface area contributed by atoms with Crippen molar-refractivity contribution in [2.45, 2.75) is 23.9 Å². The summed E-state index contributed by atoms with van der Waals surface area (Å²) in [5.74, 6) is -23.2. The van der Waals surface area contributed by atoms with Gasteiger partial charge in [0, 0.05) is 13.1 Å². The predicted octanol–water partition coefficient (Wildman–Crippen LogP) is 2.13. The Morgan fingerprint density at radius 3 is 1.67 bits per heavy atom. The molecule has 0 heterocycles. The van der Waals surface area contributed by atoms with E-state index in [1.165, 1.54) is 24.3 Å². The van der Waals surface area contributed by atoms with Gasteiger partial charge in [-0.15, -0.1) is 0 Å². The Kier molecular flexibility index (Phi) is 5.55. The summed E-state index contributed by atoms with van der Waals surface area (Å²) in [5, 5.41) is 1.17. The first-order valence-electron chi connectivity index (χ1n) is 5.22. The summed E-state index contributed by atoms with van der Waals surface area (Å²) in [5.41, 5.74) is 0. The average molecular weight is 334 g/mol. The van der Waals surface area contributed by atoms with Gasteiger partial charge in [-0.1, -0.05) is 0 Å². The van der Waals surface area contributed by atoms with Crippen LogP contribution >= 0.6 is 0 Å². The molecule has 1 N–H and O–H groups in total. The molecule has 0 aliphatic heterocycles. The molecule has 0 saturated heterocycles. The minimum atomic E-state index is -7.07. The number of rotatable bonds is 6. The molecule has 0 atom stereocenters. The van der Waals surface area contributed by atoms with E-state index in [0.717, 1.165) is 0 Å². The van der Waals surface area contributed by atoms with Gasteiger partial charge in [-0.05, 0) is 14.1 Å². The summed E-state index contributed by atoms with van der Waals surface area (Å²) < 4.78 is 112. The van der Waals surface area contributed by atoms with Crippen LogP contribution < -0.4 is 5.32 Å². The number of alkyl halides is 9. The number of halogens is 9. The molecule has 21 heavy (non-hydrogen) atoms. The predicted molar refractivity (Wildman–Crippen MR) is 52.5 cm³/mol. The van der Waals surface area contributed by atoms with Gasteiger partial charge in [0.05, 0.1) is 0 Å². The van der Waals surface area contributed by atoms with Crippen LogP contribution in [-0.4, -0.2) is 61.9 Å². The van der Waals surface area contributed by atoms with Crippen molar-refractivity contribution in [1.29, 1.82) is 0 Å². The monoisotopic (exact) mass is 334 g/mol. The van der Waals surface area contributed by atoms with Crippen LogP contribution in [0.15, 0.2) is 0 Å². The molecular formula is C9H11F9N2O. The highest BCUT2D eigenvalue weighted by Gasteiger charge is 2.83. The highest BCUT2D eigenvalue weighted by molar-refractivity contribution is 5.84. The smallest absolute Gasteiger partial charge is 0.349 e. The van der Waals surface area contributed by atoms with Crippen molar-refractivity contribution in [3.63, 3.8) is 0 Å². The summed E-state index contributed by atoms with van der Waals surface area (Å²) in [6, 6.07) is 0. The molecule has 0 spiro atoms. The Morgan fingerprint density at radius 2 is 1.33 bits per heavy atom. The number of likely N-dealkylation sites (N-methyl/N-ethyl adjacent to an activating group) is 1. The molecule has 0 unspecified atom stereocenters. The van der Waals surface area contributed by atoms with Crippen LogP contribution in [0.5, 0.6) is 0 Å². The Hall–Kier alpha value is -1.20. The molecule has 0 aromatic rings. The van der Waals surface area contributed by atoms with E-state index in [2.05, 4.69) is 0 Å². The van der Waals surface area contributed by atoms with E-state index in [1.54, 1.807) is 0 Å². The second-order valence-corrected chi connectivity index (χ2v) is 4.28. The molecule has 0 saturated carbocycles. The molecule has 0 radical (unpaired) electrons. The number of hydrogen-bond donors (Lipinski definition) is 1. The Morgan fingerprint density at radius 1 is 0.905 bits per heavy atom. The van der Waals surface area contributed by atoms with E-state index in [-0.39, 0.29) is 6.54 Å². The zero-order chi connectivity index (χ0) is 17.3. The Balaban J connectivity index is 5.24. The number of hydrogen-bond acceptors (Lipinski definition) is 2. The molecule has 0 bridgehead atoms. The van der Waals surface area contributed by atoms with E-state index in [4.69, 9.17) is 0 Å². The fourth-order valence-electron chi connectivity index (χ4n) is 1.02. The lowest BCUT2D eigenvalue weighted by molar-refractivity contribution is -0.388. The van der Waals surface area contributed by atoms with Crippen LogP contribution in [-0.2, 0) is 4.79 Å². The van der Waals surface area contributed by atoms with Crippen LogP contribution in [0, 0.1) is 0 Å². The van der Waals surface area contributed by atoms with Crippen molar-refractivity contribution < 1.29 is 44.3 Å². The second-order valence-electron chi connectivity index (χ2n) is 4.28. The summed E-state index contributed by atoms with van der Waals surface area (Å²) in [7, 11) is 2.83. The van der Waals surface area contributed by atoms with Crippen molar-refractivity contribution in [2.24, 2.45) is 0 Å². The van der Waals surface area contributed by atoms with Gasteiger partial charge in [0.15, 0.2) is 0 Å². The summed E-state index contributed by atoms with van der Waals surface area (Å²) in [6.07, 6.45) is -6.94. The molecule has 0 rings (SSSR count). The maximum absolute atomic E-state index is 13.0. The van der Waals surface area contributed by atoms with E-state index >= 15 is 0 Å². The van der Waals surface area contributed by atoms with Crippen LogP contribution in [0.3, 0.4) is 0 Å². The molecule has 12 heteroatoms. The maximum Gasteiger partial charge on any atom is 0.460 e. The quantitative estimate of drug-likeness (QED) is 0.755. The van der Waals surface area contributed by atoms with E-state index < -0.39 is 36.4 Å². The van der Waals surface area contributed by atoms with E-state index in [1.807, 2.05) is 0 Å². The first kappa shape index (κ1) is 19.8. The third-order valence-corrected chi connectivity index (χ3v) is 2.27. The standard InChI is InChI=1S/C9H11F9N2O/c1-20(2)4-3-19-5(21)6(10,11)7(12,13)8(14,15)9(16,17)18/h3-4H2,1-2H3,(H,19,21). The van der Waals surface area contributed by atoms with Gasteiger partial charge in [0.1, 0.15) is 0 Å².